The van der Waals surface area contributed by atoms with Crippen molar-refractivity contribution in [3.8, 4) is 28.4 Å². The molecule has 1 N–H and O–H groups in total. The molecule has 1 amide bonds. The molecule has 4 rings (SSSR count). The summed E-state index contributed by atoms with van der Waals surface area (Å²) < 4.78 is 16.7. The molecule has 0 radical (unpaired) electrons. The molecule has 0 unspecified atom stereocenters. The van der Waals surface area contributed by atoms with Crippen molar-refractivity contribution in [2.45, 2.75) is 0 Å². The predicted octanol–water partition coefficient (Wildman–Crippen LogP) is 4.45. The molecule has 0 fully saturated rings. The second-order valence-electron chi connectivity index (χ2n) is 6.68. The van der Waals surface area contributed by atoms with Crippen LogP contribution in [0.25, 0.3) is 22.6 Å². The van der Waals surface area contributed by atoms with Crippen LogP contribution in [0.3, 0.4) is 0 Å². The lowest BCUT2D eigenvalue weighted by molar-refractivity contribution is 0.0828. The van der Waals surface area contributed by atoms with Crippen molar-refractivity contribution in [2.75, 3.05) is 26.5 Å². The zero-order valence-electron chi connectivity index (χ0n) is 16.7. The van der Waals surface area contributed by atoms with Gasteiger partial charge in [-0.05, 0) is 18.2 Å². The van der Waals surface area contributed by atoms with E-state index in [0.29, 0.717) is 34.4 Å². The summed E-state index contributed by atoms with van der Waals surface area (Å²) in [5, 5.41) is 3.11. The fourth-order valence-corrected chi connectivity index (χ4v) is 3.03. The molecule has 0 saturated carbocycles. The third-order valence-corrected chi connectivity index (χ3v) is 4.49. The molecule has 0 bridgehead atoms. The molecule has 30 heavy (non-hydrogen) atoms. The number of ether oxygens (including phenoxy) is 1. The summed E-state index contributed by atoms with van der Waals surface area (Å²) in [6, 6.07) is 13.1. The first-order valence-corrected chi connectivity index (χ1v) is 9.17. The van der Waals surface area contributed by atoms with Crippen molar-refractivity contribution in [1.82, 2.24) is 14.9 Å². The molecule has 2 heterocycles. The van der Waals surface area contributed by atoms with E-state index in [9.17, 15) is 4.79 Å². The van der Waals surface area contributed by atoms with E-state index >= 15 is 0 Å². The number of amides is 1. The number of hydrogen-bond donors (Lipinski definition) is 1. The summed E-state index contributed by atoms with van der Waals surface area (Å²) >= 11 is 0. The molecule has 8 heteroatoms. The second kappa shape index (κ2) is 8.12. The van der Waals surface area contributed by atoms with Crippen molar-refractivity contribution >= 4 is 17.6 Å². The molecule has 152 valence electrons. The van der Waals surface area contributed by atoms with E-state index in [1.807, 2.05) is 36.4 Å². The first kappa shape index (κ1) is 19.3. The van der Waals surface area contributed by atoms with Crippen LogP contribution in [0.5, 0.6) is 5.75 Å². The van der Waals surface area contributed by atoms with Gasteiger partial charge in [0.1, 0.15) is 5.75 Å². The van der Waals surface area contributed by atoms with Crippen LogP contribution in [0.1, 0.15) is 10.4 Å². The Balaban J connectivity index is 1.60. The van der Waals surface area contributed by atoms with Crippen LogP contribution in [0, 0.1) is 0 Å². The van der Waals surface area contributed by atoms with E-state index in [1.54, 1.807) is 39.7 Å². The molecule has 0 spiro atoms. The average molecular weight is 404 g/mol. The zero-order valence-corrected chi connectivity index (χ0v) is 16.7. The number of benzene rings is 2. The van der Waals surface area contributed by atoms with Crippen LogP contribution < -0.4 is 10.1 Å². The SMILES string of the molecule is COc1cc(Nc2ncc(-c3ccccc3C(=O)N(C)C)o2)ccc1-c1cnco1. The lowest BCUT2D eigenvalue weighted by Crippen LogP contribution is -2.22. The van der Waals surface area contributed by atoms with Crippen molar-refractivity contribution in [1.29, 1.82) is 0 Å². The molecule has 2 aromatic heterocycles. The van der Waals surface area contributed by atoms with E-state index in [0.717, 1.165) is 11.3 Å². The van der Waals surface area contributed by atoms with Crippen LogP contribution in [0.2, 0.25) is 0 Å². The minimum absolute atomic E-state index is 0.107. The summed E-state index contributed by atoms with van der Waals surface area (Å²) in [5.41, 5.74) is 2.73. The van der Waals surface area contributed by atoms with Gasteiger partial charge < -0.3 is 23.8 Å². The number of anilines is 2. The van der Waals surface area contributed by atoms with Gasteiger partial charge in [0.15, 0.2) is 17.9 Å². The van der Waals surface area contributed by atoms with Crippen LogP contribution in [-0.4, -0.2) is 42.0 Å². The number of nitrogens with zero attached hydrogens (tertiary/aromatic N) is 3. The lowest BCUT2D eigenvalue weighted by atomic mass is 10.0. The number of carbonyl (C=O) groups is 1. The highest BCUT2D eigenvalue weighted by atomic mass is 16.5. The van der Waals surface area contributed by atoms with Gasteiger partial charge in [0.25, 0.3) is 11.9 Å². The predicted molar refractivity (Wildman–Crippen MR) is 112 cm³/mol. The molecular weight excluding hydrogens is 384 g/mol. The number of hydrogen-bond acceptors (Lipinski definition) is 7. The van der Waals surface area contributed by atoms with Gasteiger partial charge in [0.2, 0.25) is 0 Å². The van der Waals surface area contributed by atoms with E-state index in [1.165, 1.54) is 11.3 Å². The number of methoxy groups -OCH3 is 1. The van der Waals surface area contributed by atoms with Gasteiger partial charge >= 0.3 is 0 Å². The van der Waals surface area contributed by atoms with Crippen LogP contribution in [0.4, 0.5) is 11.7 Å². The number of aromatic nitrogens is 2. The minimum atomic E-state index is -0.107. The Kier molecular flexibility index (Phi) is 5.21. The molecule has 8 nitrogen and oxygen atoms in total. The standard InChI is InChI=1S/C22H20N4O4/c1-26(2)21(27)16-7-5-4-6-15(16)20-12-24-22(30-20)25-14-8-9-17(18(10-14)28-3)19-11-23-13-29-19/h4-13H,1-3H3,(H,24,25). The molecule has 0 aliphatic heterocycles. The third-order valence-electron chi connectivity index (χ3n) is 4.49. The third kappa shape index (κ3) is 3.75. The van der Waals surface area contributed by atoms with E-state index in [-0.39, 0.29) is 5.91 Å². The van der Waals surface area contributed by atoms with Gasteiger partial charge in [-0.15, -0.1) is 0 Å². The van der Waals surface area contributed by atoms with Gasteiger partial charge in [-0.2, -0.15) is 0 Å². The quantitative estimate of drug-likeness (QED) is 0.507. The highest BCUT2D eigenvalue weighted by Crippen LogP contribution is 2.34. The zero-order chi connectivity index (χ0) is 21.1. The fraction of sp³-hybridized carbons (Fsp3) is 0.136. The first-order chi connectivity index (χ1) is 14.6. The topological polar surface area (TPSA) is 93.6 Å². The van der Waals surface area contributed by atoms with Crippen LogP contribution in [-0.2, 0) is 0 Å². The molecule has 4 aromatic rings. The fourth-order valence-electron chi connectivity index (χ4n) is 3.03. The maximum Gasteiger partial charge on any atom is 0.299 e. The summed E-state index contributed by atoms with van der Waals surface area (Å²) in [7, 11) is 5.01. The highest BCUT2D eigenvalue weighted by molar-refractivity contribution is 6.00. The Morgan fingerprint density at radius 1 is 1.07 bits per heavy atom. The first-order valence-electron chi connectivity index (χ1n) is 9.17. The molecule has 2 aromatic carbocycles. The number of carbonyl (C=O) groups excluding carboxylic acids is 1. The van der Waals surface area contributed by atoms with Crippen molar-refractivity contribution in [3.63, 3.8) is 0 Å². The largest absolute Gasteiger partial charge is 0.496 e. The van der Waals surface area contributed by atoms with E-state index < -0.39 is 0 Å². The monoisotopic (exact) mass is 404 g/mol. The minimum Gasteiger partial charge on any atom is -0.496 e. The maximum atomic E-state index is 12.5. The Morgan fingerprint density at radius 2 is 1.90 bits per heavy atom. The smallest absolute Gasteiger partial charge is 0.299 e. The molecular formula is C22H20N4O4. The highest BCUT2D eigenvalue weighted by Gasteiger charge is 2.17. The van der Waals surface area contributed by atoms with Gasteiger partial charge in [0.05, 0.1) is 30.6 Å². The number of rotatable bonds is 6. The second-order valence-corrected chi connectivity index (χ2v) is 6.68. The Morgan fingerprint density at radius 3 is 2.63 bits per heavy atom. The molecule has 0 aliphatic rings. The summed E-state index contributed by atoms with van der Waals surface area (Å²) in [5.74, 6) is 1.61. The van der Waals surface area contributed by atoms with Crippen molar-refractivity contribution in [2.24, 2.45) is 0 Å². The molecule has 0 atom stereocenters. The Bertz CT molecular complexity index is 1170. The Labute approximate surface area is 173 Å². The molecule has 0 aliphatic carbocycles. The lowest BCUT2D eigenvalue weighted by Gasteiger charge is -2.12. The van der Waals surface area contributed by atoms with E-state index in [2.05, 4.69) is 15.3 Å². The van der Waals surface area contributed by atoms with Crippen molar-refractivity contribution in [3.05, 3.63) is 66.8 Å². The average Bonchev–Trinajstić information content (AvgIpc) is 3.45. The van der Waals surface area contributed by atoms with E-state index in [4.69, 9.17) is 13.6 Å². The van der Waals surface area contributed by atoms with Gasteiger partial charge in [0, 0.05) is 31.4 Å². The maximum absolute atomic E-state index is 12.5. The van der Waals surface area contributed by atoms with Gasteiger partial charge in [-0.1, -0.05) is 18.2 Å². The Hall–Kier alpha value is -4.07. The van der Waals surface area contributed by atoms with Gasteiger partial charge in [-0.3, -0.25) is 4.79 Å². The number of oxazole rings is 2. The normalized spacial score (nSPS) is 10.6. The van der Waals surface area contributed by atoms with Gasteiger partial charge in [-0.25, -0.2) is 9.97 Å². The van der Waals surface area contributed by atoms with Crippen LogP contribution in [0.15, 0.2) is 70.1 Å². The van der Waals surface area contributed by atoms with Crippen LogP contribution >= 0.6 is 0 Å². The summed E-state index contributed by atoms with van der Waals surface area (Å²) in [6.45, 7) is 0. The summed E-state index contributed by atoms with van der Waals surface area (Å²) in [4.78, 5) is 22.2. The number of nitrogens with one attached hydrogen (secondary N) is 1. The summed E-state index contributed by atoms with van der Waals surface area (Å²) in [6.07, 6.45) is 4.58. The molecule has 0 saturated heterocycles. The van der Waals surface area contributed by atoms with Crippen molar-refractivity contribution < 1.29 is 18.4 Å².